The highest BCUT2D eigenvalue weighted by Gasteiger charge is 2.41. The topological polar surface area (TPSA) is 95.9 Å². The van der Waals surface area contributed by atoms with E-state index in [4.69, 9.17) is 14.9 Å². The second-order valence-electron chi connectivity index (χ2n) is 6.74. The van der Waals surface area contributed by atoms with Crippen LogP contribution in [-0.2, 0) is 15.2 Å². The third-order valence-corrected chi connectivity index (χ3v) is 4.61. The van der Waals surface area contributed by atoms with E-state index in [1.165, 1.54) is 18.2 Å². The van der Waals surface area contributed by atoms with Gasteiger partial charge in [-0.2, -0.15) is 8.78 Å². The van der Waals surface area contributed by atoms with Crippen molar-refractivity contribution in [1.82, 2.24) is 5.32 Å². The standard InChI is InChI=1S/C17H13F6NO.C4H4O4/c18-10-4-2-1-3-9(10)17(5-7-24-8-6-17)25-16-14(22)12(20)11(19)13(21)15(16)23;5-3(6)1-2-4(7)8/h1-4,24H,5-8H2;1-2H,(H,5,6)(H,7,8). The van der Waals surface area contributed by atoms with E-state index < -0.39 is 58.2 Å². The van der Waals surface area contributed by atoms with Crippen molar-refractivity contribution < 1.29 is 50.9 Å². The summed E-state index contributed by atoms with van der Waals surface area (Å²) in [5.74, 6) is -15.2. The summed E-state index contributed by atoms with van der Waals surface area (Å²) in [7, 11) is 0. The van der Waals surface area contributed by atoms with Gasteiger partial charge in [0.25, 0.3) is 0 Å². The van der Waals surface area contributed by atoms with Crippen molar-refractivity contribution in [2.45, 2.75) is 18.4 Å². The van der Waals surface area contributed by atoms with Gasteiger partial charge < -0.3 is 20.3 Å². The zero-order valence-corrected chi connectivity index (χ0v) is 16.7. The molecule has 6 nitrogen and oxygen atoms in total. The third-order valence-electron chi connectivity index (χ3n) is 4.61. The lowest BCUT2D eigenvalue weighted by Crippen LogP contribution is -2.45. The first kappa shape index (κ1) is 25.7. The Morgan fingerprint density at radius 3 is 1.73 bits per heavy atom. The fourth-order valence-corrected chi connectivity index (χ4v) is 3.10. The lowest BCUT2D eigenvalue weighted by atomic mass is 9.84. The number of halogens is 6. The number of rotatable bonds is 5. The van der Waals surface area contributed by atoms with Crippen molar-refractivity contribution in [2.75, 3.05) is 13.1 Å². The third kappa shape index (κ3) is 6.04. The van der Waals surface area contributed by atoms with E-state index in [0.717, 1.165) is 6.07 Å². The zero-order chi connectivity index (χ0) is 24.8. The van der Waals surface area contributed by atoms with E-state index in [1.807, 2.05) is 0 Å². The highest BCUT2D eigenvalue weighted by atomic mass is 19.2. The predicted molar refractivity (Wildman–Crippen MR) is 101 cm³/mol. The summed E-state index contributed by atoms with van der Waals surface area (Å²) in [6, 6.07) is 5.43. The van der Waals surface area contributed by atoms with E-state index >= 15 is 0 Å². The van der Waals surface area contributed by atoms with Gasteiger partial charge in [-0.1, -0.05) is 18.2 Å². The van der Waals surface area contributed by atoms with Gasteiger partial charge in [0, 0.05) is 30.6 Å². The predicted octanol–water partition coefficient (Wildman–Crippen LogP) is 3.89. The number of benzene rings is 2. The second-order valence-corrected chi connectivity index (χ2v) is 6.74. The summed E-state index contributed by atoms with van der Waals surface area (Å²) in [4.78, 5) is 19.1. The minimum atomic E-state index is -2.27. The molecule has 33 heavy (non-hydrogen) atoms. The molecule has 12 heteroatoms. The molecule has 0 amide bonds. The average Bonchev–Trinajstić information content (AvgIpc) is 2.79. The largest absolute Gasteiger partial charge is 0.478 e. The van der Waals surface area contributed by atoms with Crippen LogP contribution in [0.2, 0.25) is 0 Å². The van der Waals surface area contributed by atoms with E-state index in [2.05, 4.69) is 5.32 Å². The van der Waals surface area contributed by atoms with Crippen LogP contribution in [0.1, 0.15) is 18.4 Å². The van der Waals surface area contributed by atoms with Crippen LogP contribution in [-0.4, -0.2) is 35.2 Å². The molecule has 178 valence electrons. The molecule has 3 N–H and O–H groups in total. The molecule has 1 fully saturated rings. The number of carboxylic acids is 2. The minimum absolute atomic E-state index is 0.000409. The van der Waals surface area contributed by atoms with Crippen LogP contribution < -0.4 is 10.1 Å². The Bertz CT molecular complexity index is 1020. The molecule has 2 aromatic carbocycles. The van der Waals surface area contributed by atoms with E-state index in [9.17, 15) is 35.9 Å². The summed E-state index contributed by atoms with van der Waals surface area (Å²) in [5, 5.41) is 18.6. The molecule has 0 saturated carbocycles. The van der Waals surface area contributed by atoms with Crippen LogP contribution >= 0.6 is 0 Å². The number of hydrogen-bond acceptors (Lipinski definition) is 4. The monoisotopic (exact) mass is 477 g/mol. The van der Waals surface area contributed by atoms with Crippen LogP contribution in [0.5, 0.6) is 5.75 Å². The molecule has 3 rings (SSSR count). The number of nitrogens with one attached hydrogen (secondary N) is 1. The number of hydrogen-bond donors (Lipinski definition) is 3. The van der Waals surface area contributed by atoms with Gasteiger partial charge in [0.1, 0.15) is 11.4 Å². The summed E-state index contributed by atoms with van der Waals surface area (Å²) in [6.07, 6.45) is 1.30. The molecule has 0 radical (unpaired) electrons. The summed E-state index contributed by atoms with van der Waals surface area (Å²) >= 11 is 0. The Hall–Kier alpha value is -3.54. The highest BCUT2D eigenvalue weighted by molar-refractivity contribution is 5.89. The number of carboxylic acid groups (broad SMARTS) is 2. The second kappa shape index (κ2) is 10.9. The lowest BCUT2D eigenvalue weighted by molar-refractivity contribution is -0.134. The molecule has 0 spiro atoms. The first-order chi connectivity index (χ1) is 15.5. The molecule has 1 aliphatic heterocycles. The van der Waals surface area contributed by atoms with Gasteiger partial charge in [-0.15, -0.1) is 0 Å². The number of ether oxygens (including phenoxy) is 1. The van der Waals surface area contributed by atoms with Crippen LogP contribution in [0.3, 0.4) is 0 Å². The highest BCUT2D eigenvalue weighted by Crippen LogP contribution is 2.40. The molecule has 0 bridgehead atoms. The Morgan fingerprint density at radius 2 is 1.27 bits per heavy atom. The molecule has 0 aromatic heterocycles. The smallest absolute Gasteiger partial charge is 0.328 e. The molecule has 0 aliphatic carbocycles. The minimum Gasteiger partial charge on any atom is -0.478 e. The van der Waals surface area contributed by atoms with Crippen LogP contribution in [0, 0.1) is 34.9 Å². The summed E-state index contributed by atoms with van der Waals surface area (Å²) in [5.41, 5.74) is -1.55. The first-order valence-corrected chi connectivity index (χ1v) is 9.30. The van der Waals surface area contributed by atoms with Gasteiger partial charge in [0.05, 0.1) is 0 Å². The maximum absolute atomic E-state index is 14.2. The first-order valence-electron chi connectivity index (χ1n) is 9.30. The molecule has 1 heterocycles. The number of piperidine rings is 1. The maximum atomic E-state index is 14.2. The van der Waals surface area contributed by atoms with Crippen molar-refractivity contribution >= 4 is 11.9 Å². The van der Waals surface area contributed by atoms with Crippen molar-refractivity contribution in [1.29, 1.82) is 0 Å². The Labute approximate surface area is 183 Å². The van der Waals surface area contributed by atoms with Crippen LogP contribution in [0.15, 0.2) is 36.4 Å². The van der Waals surface area contributed by atoms with E-state index in [-0.39, 0.29) is 18.4 Å². The summed E-state index contributed by atoms with van der Waals surface area (Å²) in [6.45, 7) is 0.646. The van der Waals surface area contributed by atoms with Crippen molar-refractivity contribution in [3.63, 3.8) is 0 Å². The van der Waals surface area contributed by atoms with Crippen molar-refractivity contribution in [3.8, 4) is 5.75 Å². The molecule has 1 aliphatic rings. The zero-order valence-electron chi connectivity index (χ0n) is 16.7. The molecule has 1 saturated heterocycles. The number of carbonyl (C=O) groups is 2. The Kier molecular flexibility index (Phi) is 8.46. The van der Waals surface area contributed by atoms with Crippen molar-refractivity contribution in [2.24, 2.45) is 0 Å². The maximum Gasteiger partial charge on any atom is 0.328 e. The normalized spacial score (nSPS) is 15.0. The van der Waals surface area contributed by atoms with Gasteiger partial charge in [-0.25, -0.2) is 27.2 Å². The fourth-order valence-electron chi connectivity index (χ4n) is 3.10. The molecular weight excluding hydrogens is 460 g/mol. The van der Waals surface area contributed by atoms with Crippen molar-refractivity contribution in [3.05, 3.63) is 76.9 Å². The molecule has 0 unspecified atom stereocenters. The quantitative estimate of drug-likeness (QED) is 0.262. The lowest BCUT2D eigenvalue weighted by Gasteiger charge is -2.38. The Morgan fingerprint density at radius 1 is 0.818 bits per heavy atom. The van der Waals surface area contributed by atoms with Gasteiger partial charge in [0.15, 0.2) is 5.75 Å². The molecule has 0 atom stereocenters. The summed E-state index contributed by atoms with van der Waals surface area (Å²) < 4.78 is 87.6. The van der Waals surface area contributed by atoms with Gasteiger partial charge in [-0.05, 0) is 19.2 Å². The van der Waals surface area contributed by atoms with Gasteiger partial charge in [0.2, 0.25) is 29.1 Å². The number of aliphatic carboxylic acids is 2. The van der Waals surface area contributed by atoms with Gasteiger partial charge >= 0.3 is 11.9 Å². The molecular formula is C21H17F6NO5. The van der Waals surface area contributed by atoms with Crippen LogP contribution in [0.4, 0.5) is 26.3 Å². The SMILES string of the molecule is Fc1ccccc1C1(Oc2c(F)c(F)c(F)c(F)c2F)CCNCC1.O=C(O)C=CC(=O)O. The van der Waals surface area contributed by atoms with E-state index in [1.54, 1.807) is 0 Å². The van der Waals surface area contributed by atoms with Crippen LogP contribution in [0.25, 0.3) is 0 Å². The van der Waals surface area contributed by atoms with Gasteiger partial charge in [-0.3, -0.25) is 0 Å². The Balaban J connectivity index is 0.000000414. The average molecular weight is 477 g/mol. The molecule has 2 aromatic rings. The fraction of sp³-hybridized carbons (Fsp3) is 0.238. The van der Waals surface area contributed by atoms with E-state index in [0.29, 0.717) is 25.2 Å².